The van der Waals surface area contributed by atoms with Crippen molar-refractivity contribution >= 4 is 39.6 Å². The number of hydrogen-bond acceptors (Lipinski definition) is 4. The number of methoxy groups -OCH3 is 1. The van der Waals surface area contributed by atoms with Crippen molar-refractivity contribution < 1.29 is 9.53 Å². The largest absolute Gasteiger partial charge is 0.497 e. The van der Waals surface area contributed by atoms with Gasteiger partial charge in [-0.1, -0.05) is 0 Å². The standard InChI is InChI=1S/C11H13NO2S.BrH/c1-8(12)15-7-11(13)9-3-5-10(14-2)6-4-9;/h3-6,12H,7H2,1-2H3;1H. The second kappa shape index (κ2) is 7.46. The lowest BCUT2D eigenvalue weighted by Crippen LogP contribution is -2.03. The van der Waals surface area contributed by atoms with Crippen molar-refractivity contribution in [2.24, 2.45) is 0 Å². The molecule has 5 heteroatoms. The molecule has 1 aromatic rings. The van der Waals surface area contributed by atoms with E-state index in [4.69, 9.17) is 10.1 Å². The molecule has 0 heterocycles. The maximum Gasteiger partial charge on any atom is 0.173 e. The fourth-order valence-corrected chi connectivity index (χ4v) is 1.55. The quantitative estimate of drug-likeness (QED) is 0.528. The van der Waals surface area contributed by atoms with Gasteiger partial charge < -0.3 is 4.74 Å². The molecule has 1 rings (SSSR count). The zero-order valence-corrected chi connectivity index (χ0v) is 11.7. The molecule has 0 spiro atoms. The molecule has 0 radical (unpaired) electrons. The van der Waals surface area contributed by atoms with E-state index in [2.05, 4.69) is 0 Å². The van der Waals surface area contributed by atoms with Crippen LogP contribution in [0.4, 0.5) is 0 Å². The van der Waals surface area contributed by atoms with Crippen LogP contribution in [0.25, 0.3) is 0 Å². The van der Waals surface area contributed by atoms with Gasteiger partial charge in [0.05, 0.1) is 17.9 Å². The molecule has 0 saturated heterocycles. The zero-order valence-electron chi connectivity index (χ0n) is 9.15. The number of hydrogen-bond donors (Lipinski definition) is 1. The summed E-state index contributed by atoms with van der Waals surface area (Å²) < 4.78 is 5.00. The van der Waals surface area contributed by atoms with Gasteiger partial charge in [0.15, 0.2) is 5.78 Å². The van der Waals surface area contributed by atoms with E-state index in [-0.39, 0.29) is 22.8 Å². The lowest BCUT2D eigenvalue weighted by molar-refractivity contribution is 0.102. The summed E-state index contributed by atoms with van der Waals surface area (Å²) in [5, 5.41) is 7.66. The third-order valence-corrected chi connectivity index (χ3v) is 2.67. The summed E-state index contributed by atoms with van der Waals surface area (Å²) in [6.07, 6.45) is 0. The van der Waals surface area contributed by atoms with E-state index in [1.807, 2.05) is 0 Å². The number of benzene rings is 1. The van der Waals surface area contributed by atoms with Crippen molar-refractivity contribution in [3.8, 4) is 5.75 Å². The SMILES string of the molecule is Br.COc1ccc(C(=O)CSC(C)=N)cc1. The highest BCUT2D eigenvalue weighted by Crippen LogP contribution is 2.13. The van der Waals surface area contributed by atoms with Crippen molar-refractivity contribution in [1.29, 1.82) is 5.41 Å². The molecule has 0 atom stereocenters. The van der Waals surface area contributed by atoms with Gasteiger partial charge in [0.1, 0.15) is 5.75 Å². The highest BCUT2D eigenvalue weighted by molar-refractivity contribution is 8.93. The number of carbonyl (C=O) groups excluding carboxylic acids is 1. The first-order valence-electron chi connectivity index (χ1n) is 4.48. The lowest BCUT2D eigenvalue weighted by atomic mass is 10.1. The molecular weight excluding hydrogens is 290 g/mol. The highest BCUT2D eigenvalue weighted by Gasteiger charge is 2.06. The van der Waals surface area contributed by atoms with E-state index in [1.54, 1.807) is 38.3 Å². The fraction of sp³-hybridized carbons (Fsp3) is 0.273. The van der Waals surface area contributed by atoms with E-state index in [0.29, 0.717) is 16.4 Å². The number of nitrogens with one attached hydrogen (secondary N) is 1. The van der Waals surface area contributed by atoms with E-state index in [9.17, 15) is 4.79 Å². The number of ketones is 1. The van der Waals surface area contributed by atoms with Gasteiger partial charge in [-0.25, -0.2) is 0 Å². The smallest absolute Gasteiger partial charge is 0.173 e. The van der Waals surface area contributed by atoms with Crippen molar-refractivity contribution in [2.45, 2.75) is 6.92 Å². The maximum absolute atomic E-state index is 11.6. The predicted octanol–water partition coefficient (Wildman–Crippen LogP) is 3.19. The third kappa shape index (κ3) is 4.81. The summed E-state index contributed by atoms with van der Waals surface area (Å²) in [6.45, 7) is 1.67. The summed E-state index contributed by atoms with van der Waals surface area (Å²) in [4.78, 5) is 11.6. The van der Waals surface area contributed by atoms with Crippen molar-refractivity contribution in [3.05, 3.63) is 29.8 Å². The molecule has 0 unspecified atom stereocenters. The predicted molar refractivity (Wildman–Crippen MR) is 73.5 cm³/mol. The average molecular weight is 304 g/mol. The summed E-state index contributed by atoms with van der Waals surface area (Å²) in [6, 6.07) is 6.99. The Balaban J connectivity index is 0.00000225. The molecular formula is C11H14BrNO2S. The molecule has 16 heavy (non-hydrogen) atoms. The number of carbonyl (C=O) groups is 1. The zero-order chi connectivity index (χ0) is 11.3. The van der Waals surface area contributed by atoms with Crippen LogP contribution in [-0.2, 0) is 0 Å². The van der Waals surface area contributed by atoms with Crippen LogP contribution in [0.2, 0.25) is 0 Å². The first kappa shape index (κ1) is 15.2. The Kier molecular flexibility index (Phi) is 7.08. The molecule has 0 aromatic heterocycles. The molecule has 0 aliphatic carbocycles. The molecule has 0 fully saturated rings. The molecule has 0 amide bonds. The summed E-state index contributed by atoms with van der Waals surface area (Å²) in [5.74, 6) is 1.10. The van der Waals surface area contributed by atoms with Crippen LogP contribution in [0, 0.1) is 5.41 Å². The topological polar surface area (TPSA) is 50.2 Å². The van der Waals surface area contributed by atoms with Gasteiger partial charge >= 0.3 is 0 Å². The number of halogens is 1. The number of ether oxygens (including phenoxy) is 1. The first-order chi connectivity index (χ1) is 7.13. The summed E-state index contributed by atoms with van der Waals surface area (Å²) in [7, 11) is 1.59. The van der Waals surface area contributed by atoms with Crippen LogP contribution in [0.3, 0.4) is 0 Å². The van der Waals surface area contributed by atoms with Gasteiger partial charge in [-0.15, -0.1) is 28.7 Å². The minimum Gasteiger partial charge on any atom is -0.497 e. The van der Waals surface area contributed by atoms with Crippen LogP contribution in [-0.4, -0.2) is 23.7 Å². The van der Waals surface area contributed by atoms with Gasteiger partial charge in [-0.2, -0.15) is 0 Å². The second-order valence-corrected chi connectivity index (χ2v) is 4.19. The fourth-order valence-electron chi connectivity index (χ4n) is 1.03. The monoisotopic (exact) mass is 303 g/mol. The minimum atomic E-state index is 0. The average Bonchev–Trinajstić information content (AvgIpc) is 2.26. The number of rotatable bonds is 4. The molecule has 0 aliphatic rings. The third-order valence-electron chi connectivity index (χ3n) is 1.83. The van der Waals surface area contributed by atoms with Gasteiger partial charge in [-0.3, -0.25) is 10.2 Å². The van der Waals surface area contributed by atoms with E-state index in [1.165, 1.54) is 11.8 Å². The van der Waals surface area contributed by atoms with Crippen molar-refractivity contribution in [2.75, 3.05) is 12.9 Å². The Morgan fingerprint density at radius 3 is 2.38 bits per heavy atom. The molecule has 3 nitrogen and oxygen atoms in total. The first-order valence-corrected chi connectivity index (χ1v) is 5.47. The molecule has 1 N–H and O–H groups in total. The van der Waals surface area contributed by atoms with Crippen molar-refractivity contribution in [3.63, 3.8) is 0 Å². The van der Waals surface area contributed by atoms with E-state index >= 15 is 0 Å². The summed E-state index contributed by atoms with van der Waals surface area (Å²) >= 11 is 1.25. The van der Waals surface area contributed by atoms with Crippen LogP contribution < -0.4 is 4.74 Å². The molecule has 0 bridgehead atoms. The molecule has 1 aromatic carbocycles. The Morgan fingerprint density at radius 1 is 1.38 bits per heavy atom. The van der Waals surface area contributed by atoms with Gasteiger partial charge in [0, 0.05) is 5.56 Å². The lowest BCUT2D eigenvalue weighted by Gasteiger charge is -2.02. The molecule has 0 saturated carbocycles. The van der Waals surface area contributed by atoms with Gasteiger partial charge in [0.2, 0.25) is 0 Å². The van der Waals surface area contributed by atoms with Crippen molar-refractivity contribution in [1.82, 2.24) is 0 Å². The Labute approximate surface area is 110 Å². The second-order valence-electron chi connectivity index (χ2n) is 3.00. The van der Waals surface area contributed by atoms with Crippen LogP contribution in [0.1, 0.15) is 17.3 Å². The van der Waals surface area contributed by atoms with Gasteiger partial charge in [-0.05, 0) is 31.2 Å². The van der Waals surface area contributed by atoms with Crippen LogP contribution >= 0.6 is 28.7 Å². The highest BCUT2D eigenvalue weighted by atomic mass is 79.9. The van der Waals surface area contributed by atoms with Gasteiger partial charge in [0.25, 0.3) is 0 Å². The Morgan fingerprint density at radius 2 is 1.94 bits per heavy atom. The van der Waals surface area contributed by atoms with E-state index < -0.39 is 0 Å². The minimum absolute atomic E-state index is 0. The van der Waals surface area contributed by atoms with E-state index in [0.717, 1.165) is 5.75 Å². The Bertz CT molecular complexity index is 365. The molecule has 0 aliphatic heterocycles. The maximum atomic E-state index is 11.6. The normalized spacial score (nSPS) is 9.12. The number of Topliss-reactive ketones (excluding diaryl/α,β-unsaturated/α-hetero) is 1. The summed E-state index contributed by atoms with van der Waals surface area (Å²) in [5.41, 5.74) is 0.657. The van der Waals surface area contributed by atoms with Crippen LogP contribution in [0.5, 0.6) is 5.75 Å². The Hall–Kier alpha value is -0.810. The number of thioether (sulfide) groups is 1. The molecule has 88 valence electrons. The van der Waals surface area contributed by atoms with Crippen LogP contribution in [0.15, 0.2) is 24.3 Å².